The lowest BCUT2D eigenvalue weighted by Crippen LogP contribution is -2.09. The van der Waals surface area contributed by atoms with Crippen molar-refractivity contribution < 1.29 is 22.7 Å². The maximum absolute atomic E-state index is 12.5. The highest BCUT2D eigenvalue weighted by Gasteiger charge is 2.15. The number of pyridine rings is 1. The first kappa shape index (κ1) is 19.9. The average Bonchev–Trinajstić information content (AvgIpc) is 2.68. The molecule has 3 aromatic rings. The zero-order valence-electron chi connectivity index (χ0n) is 15.0. The predicted molar refractivity (Wildman–Crippen MR) is 106 cm³/mol. The highest BCUT2D eigenvalue weighted by Crippen LogP contribution is 2.31. The summed E-state index contributed by atoms with van der Waals surface area (Å²) < 4.78 is 33.9. The Morgan fingerprint density at radius 1 is 1.07 bits per heavy atom. The molecule has 144 valence electrons. The van der Waals surface area contributed by atoms with Gasteiger partial charge in [-0.15, -0.1) is 0 Å². The summed E-state index contributed by atoms with van der Waals surface area (Å²) in [5.74, 6) is 0.0739. The second-order valence-electron chi connectivity index (χ2n) is 5.92. The molecule has 0 N–H and O–H groups in total. The summed E-state index contributed by atoms with van der Waals surface area (Å²) in [5, 5.41) is 0.383. The lowest BCUT2D eigenvalue weighted by atomic mass is 10.0. The molecule has 0 unspecified atom stereocenters. The largest absolute Gasteiger partial charge is 0.481 e. The predicted octanol–water partition coefficient (Wildman–Crippen LogP) is 4.03. The van der Waals surface area contributed by atoms with Crippen LogP contribution in [0.15, 0.2) is 65.7 Å². The Morgan fingerprint density at radius 3 is 2.50 bits per heavy atom. The van der Waals surface area contributed by atoms with Gasteiger partial charge in [-0.3, -0.25) is 0 Å². The molecule has 0 amide bonds. The van der Waals surface area contributed by atoms with Crippen molar-refractivity contribution in [2.75, 3.05) is 13.4 Å². The van der Waals surface area contributed by atoms with Crippen molar-refractivity contribution in [2.24, 2.45) is 0 Å². The van der Waals surface area contributed by atoms with E-state index in [4.69, 9.17) is 21.1 Å². The fraction of sp³-hybridized carbons (Fsp3) is 0.100. The van der Waals surface area contributed by atoms with Crippen LogP contribution in [0.3, 0.4) is 0 Å². The van der Waals surface area contributed by atoms with Crippen molar-refractivity contribution in [1.82, 2.24) is 4.98 Å². The molecule has 6 nitrogen and oxygen atoms in total. The second kappa shape index (κ2) is 8.00. The molecule has 0 atom stereocenters. The topological polar surface area (TPSA) is 82.6 Å². The molecule has 1 heterocycles. The molecule has 3 rings (SSSR count). The number of nitrogens with zero attached hydrogens (tertiary/aromatic N) is 1. The molecule has 0 bridgehead atoms. The van der Waals surface area contributed by atoms with E-state index < -0.39 is 15.8 Å². The van der Waals surface area contributed by atoms with Crippen molar-refractivity contribution in [3.05, 3.63) is 71.4 Å². The van der Waals surface area contributed by atoms with Crippen LogP contribution in [0.1, 0.15) is 10.4 Å². The minimum absolute atomic E-state index is 0.165. The van der Waals surface area contributed by atoms with Gasteiger partial charge in [0.2, 0.25) is 5.88 Å². The molecule has 0 radical (unpaired) electrons. The van der Waals surface area contributed by atoms with Gasteiger partial charge in [-0.05, 0) is 42.0 Å². The number of hydrogen-bond donors (Lipinski definition) is 0. The minimum Gasteiger partial charge on any atom is -0.481 e. The van der Waals surface area contributed by atoms with Gasteiger partial charge < -0.3 is 9.47 Å². The number of benzene rings is 2. The van der Waals surface area contributed by atoms with Crippen molar-refractivity contribution in [3.63, 3.8) is 0 Å². The molecule has 0 saturated heterocycles. The van der Waals surface area contributed by atoms with Crippen LogP contribution < -0.4 is 9.47 Å². The number of esters is 1. The van der Waals surface area contributed by atoms with Crippen LogP contribution >= 0.6 is 11.6 Å². The van der Waals surface area contributed by atoms with Gasteiger partial charge in [0.15, 0.2) is 9.84 Å². The summed E-state index contributed by atoms with van der Waals surface area (Å²) >= 11 is 6.27. The number of hydrogen-bond acceptors (Lipinski definition) is 6. The van der Waals surface area contributed by atoms with E-state index in [0.717, 1.165) is 6.26 Å². The van der Waals surface area contributed by atoms with Gasteiger partial charge in [0, 0.05) is 22.9 Å². The molecule has 0 spiro atoms. The molecule has 0 aliphatic carbocycles. The Morgan fingerprint density at radius 2 is 1.86 bits per heavy atom. The van der Waals surface area contributed by atoms with Crippen LogP contribution in [0, 0.1) is 0 Å². The van der Waals surface area contributed by atoms with Crippen molar-refractivity contribution in [1.29, 1.82) is 0 Å². The number of aromatic nitrogens is 1. The first-order chi connectivity index (χ1) is 13.3. The zero-order chi connectivity index (χ0) is 20.3. The number of halogens is 1. The van der Waals surface area contributed by atoms with Gasteiger partial charge in [0.1, 0.15) is 5.75 Å². The molecule has 2 aromatic carbocycles. The maximum atomic E-state index is 12.5. The van der Waals surface area contributed by atoms with E-state index in [9.17, 15) is 13.2 Å². The SMILES string of the molecule is COc1ccc(OC(=O)c2ccc(Cl)c(-c3cccc(S(C)(=O)=O)c3)c2)cn1. The molecule has 1 aromatic heterocycles. The third kappa shape index (κ3) is 4.49. The Hall–Kier alpha value is -2.90. The fourth-order valence-electron chi connectivity index (χ4n) is 2.48. The van der Waals surface area contributed by atoms with Gasteiger partial charge in [0.25, 0.3) is 0 Å². The van der Waals surface area contributed by atoms with E-state index in [-0.39, 0.29) is 16.2 Å². The molecule has 0 saturated carbocycles. The highest BCUT2D eigenvalue weighted by molar-refractivity contribution is 7.90. The number of methoxy groups -OCH3 is 1. The smallest absolute Gasteiger partial charge is 0.343 e. The molecule has 0 aliphatic rings. The third-order valence-corrected chi connectivity index (χ3v) is 5.34. The van der Waals surface area contributed by atoms with Gasteiger partial charge in [0.05, 0.1) is 23.8 Å². The molecule has 0 aliphatic heterocycles. The highest BCUT2D eigenvalue weighted by atomic mass is 35.5. The van der Waals surface area contributed by atoms with Crippen LogP contribution in [-0.4, -0.2) is 32.7 Å². The second-order valence-corrected chi connectivity index (χ2v) is 8.34. The summed E-state index contributed by atoms with van der Waals surface area (Å²) in [6.45, 7) is 0. The summed E-state index contributed by atoms with van der Waals surface area (Å²) in [4.78, 5) is 16.6. The van der Waals surface area contributed by atoms with Crippen molar-refractivity contribution in [3.8, 4) is 22.8 Å². The summed E-state index contributed by atoms with van der Waals surface area (Å²) in [6.07, 6.45) is 2.51. The van der Waals surface area contributed by atoms with E-state index >= 15 is 0 Å². The van der Waals surface area contributed by atoms with Crippen LogP contribution in [0.5, 0.6) is 11.6 Å². The van der Waals surface area contributed by atoms with E-state index in [0.29, 0.717) is 22.0 Å². The van der Waals surface area contributed by atoms with E-state index in [1.807, 2.05) is 0 Å². The molecule has 8 heteroatoms. The van der Waals surface area contributed by atoms with E-state index in [2.05, 4.69) is 4.98 Å². The lowest BCUT2D eigenvalue weighted by molar-refractivity contribution is 0.0734. The Bertz CT molecular complexity index is 1130. The number of rotatable bonds is 5. The standard InChI is InChI=1S/C20H16ClNO5S/c1-26-19-9-7-15(12-22-19)27-20(23)14-6-8-18(21)17(11-14)13-4-3-5-16(10-13)28(2,24)25/h3-12H,1-2H3. The van der Waals surface area contributed by atoms with Crippen molar-refractivity contribution in [2.45, 2.75) is 4.90 Å². The maximum Gasteiger partial charge on any atom is 0.343 e. The lowest BCUT2D eigenvalue weighted by Gasteiger charge is -2.10. The van der Waals surface area contributed by atoms with Gasteiger partial charge in [-0.2, -0.15) is 0 Å². The monoisotopic (exact) mass is 417 g/mol. The fourth-order valence-corrected chi connectivity index (χ4v) is 3.38. The van der Waals surface area contributed by atoms with Crippen LogP contribution in [0.2, 0.25) is 5.02 Å². The van der Waals surface area contributed by atoms with E-state index in [1.54, 1.807) is 36.4 Å². The normalized spacial score (nSPS) is 11.1. The zero-order valence-corrected chi connectivity index (χ0v) is 16.6. The first-order valence-electron chi connectivity index (χ1n) is 8.10. The van der Waals surface area contributed by atoms with Crippen LogP contribution in [0.4, 0.5) is 0 Å². The first-order valence-corrected chi connectivity index (χ1v) is 10.4. The Balaban J connectivity index is 1.92. The minimum atomic E-state index is -3.37. The quantitative estimate of drug-likeness (QED) is 0.583. The summed E-state index contributed by atoms with van der Waals surface area (Å²) in [5.41, 5.74) is 1.36. The Kier molecular flexibility index (Phi) is 5.67. The number of carbonyl (C=O) groups is 1. The molecule has 0 fully saturated rings. The van der Waals surface area contributed by atoms with E-state index in [1.165, 1.54) is 31.5 Å². The number of carbonyl (C=O) groups excluding carboxylic acids is 1. The van der Waals surface area contributed by atoms with Gasteiger partial charge in [-0.1, -0.05) is 23.7 Å². The number of ether oxygens (including phenoxy) is 2. The molecular weight excluding hydrogens is 402 g/mol. The Labute approximate surface area is 167 Å². The molecular formula is C20H16ClNO5S. The third-order valence-electron chi connectivity index (χ3n) is 3.90. The summed E-state index contributed by atoms with van der Waals surface area (Å²) in [6, 6.07) is 14.2. The van der Waals surface area contributed by atoms with Crippen LogP contribution in [0.25, 0.3) is 11.1 Å². The average molecular weight is 418 g/mol. The van der Waals surface area contributed by atoms with Crippen molar-refractivity contribution >= 4 is 27.4 Å². The number of sulfone groups is 1. The van der Waals surface area contributed by atoms with Crippen LogP contribution in [-0.2, 0) is 9.84 Å². The van der Waals surface area contributed by atoms with Gasteiger partial charge >= 0.3 is 5.97 Å². The van der Waals surface area contributed by atoms with Gasteiger partial charge in [-0.25, -0.2) is 18.2 Å². The molecule has 28 heavy (non-hydrogen) atoms. The summed E-state index contributed by atoms with van der Waals surface area (Å²) in [7, 11) is -1.88.